The van der Waals surface area contributed by atoms with Crippen molar-refractivity contribution in [2.45, 2.75) is 33.1 Å². The van der Waals surface area contributed by atoms with Gasteiger partial charge in [-0.05, 0) is 36.2 Å². The van der Waals surface area contributed by atoms with Crippen LogP contribution < -0.4 is 0 Å². The summed E-state index contributed by atoms with van der Waals surface area (Å²) < 4.78 is 4.20. The predicted octanol–water partition coefficient (Wildman–Crippen LogP) is 2.36. The largest absolute Gasteiger partial charge is 0.477 e. The van der Waals surface area contributed by atoms with E-state index in [1.54, 1.807) is 0 Å². The van der Waals surface area contributed by atoms with E-state index < -0.39 is 5.97 Å². The Kier molecular flexibility index (Phi) is 2.10. The van der Waals surface area contributed by atoms with Crippen LogP contribution in [0.4, 0.5) is 0 Å². The molecule has 76 valence electrons. The van der Waals surface area contributed by atoms with E-state index in [9.17, 15) is 4.79 Å². The standard InChI is InChI=1S/C10H13NO2S/c1-10(2)4-3-7-6(5-10)8(9(12)13)14-11-7/h3-5H2,1-2H3,(H,12,13). The summed E-state index contributed by atoms with van der Waals surface area (Å²) in [5, 5.41) is 8.97. The van der Waals surface area contributed by atoms with Crippen molar-refractivity contribution in [3.63, 3.8) is 0 Å². The van der Waals surface area contributed by atoms with E-state index in [0.717, 1.165) is 42.1 Å². The van der Waals surface area contributed by atoms with E-state index in [-0.39, 0.29) is 5.41 Å². The average molecular weight is 211 g/mol. The van der Waals surface area contributed by atoms with Gasteiger partial charge in [-0.15, -0.1) is 0 Å². The monoisotopic (exact) mass is 211 g/mol. The highest BCUT2D eigenvalue weighted by molar-refractivity contribution is 7.08. The van der Waals surface area contributed by atoms with Gasteiger partial charge in [0.15, 0.2) is 0 Å². The van der Waals surface area contributed by atoms with Crippen LogP contribution in [0.5, 0.6) is 0 Å². The molecule has 0 amide bonds. The molecular weight excluding hydrogens is 198 g/mol. The number of fused-ring (bicyclic) bond motifs is 1. The Morgan fingerprint density at radius 3 is 2.93 bits per heavy atom. The van der Waals surface area contributed by atoms with Crippen molar-refractivity contribution >= 4 is 17.5 Å². The number of hydrogen-bond donors (Lipinski definition) is 1. The molecule has 1 N–H and O–H groups in total. The maximum atomic E-state index is 10.9. The molecule has 0 bridgehead atoms. The fourth-order valence-corrected chi connectivity index (χ4v) is 2.69. The van der Waals surface area contributed by atoms with Gasteiger partial charge in [0.25, 0.3) is 0 Å². The van der Waals surface area contributed by atoms with Gasteiger partial charge in [0.1, 0.15) is 4.88 Å². The summed E-state index contributed by atoms with van der Waals surface area (Å²) in [5.74, 6) is -0.832. The molecule has 14 heavy (non-hydrogen) atoms. The highest BCUT2D eigenvalue weighted by Gasteiger charge is 2.30. The van der Waals surface area contributed by atoms with E-state index in [1.165, 1.54) is 0 Å². The number of carboxylic acids is 1. The van der Waals surface area contributed by atoms with Crippen LogP contribution in [0.25, 0.3) is 0 Å². The van der Waals surface area contributed by atoms with Crippen LogP contribution in [-0.2, 0) is 12.8 Å². The number of hydrogen-bond acceptors (Lipinski definition) is 3. The first-order chi connectivity index (χ1) is 6.49. The highest BCUT2D eigenvalue weighted by Crippen LogP contribution is 2.37. The van der Waals surface area contributed by atoms with E-state index in [4.69, 9.17) is 5.11 Å². The lowest BCUT2D eigenvalue weighted by Crippen LogP contribution is -2.22. The Balaban J connectivity index is 2.42. The number of aromatic nitrogens is 1. The zero-order valence-corrected chi connectivity index (χ0v) is 9.15. The minimum absolute atomic E-state index is 0.222. The fraction of sp³-hybridized carbons (Fsp3) is 0.600. The van der Waals surface area contributed by atoms with Gasteiger partial charge >= 0.3 is 5.97 Å². The van der Waals surface area contributed by atoms with Gasteiger partial charge in [0.05, 0.1) is 5.69 Å². The smallest absolute Gasteiger partial charge is 0.347 e. The topological polar surface area (TPSA) is 50.2 Å². The van der Waals surface area contributed by atoms with Gasteiger partial charge in [-0.2, -0.15) is 4.37 Å². The minimum Gasteiger partial charge on any atom is -0.477 e. The number of aryl methyl sites for hydroxylation is 1. The number of nitrogens with zero attached hydrogens (tertiary/aromatic N) is 1. The Labute approximate surface area is 86.9 Å². The third-order valence-electron chi connectivity index (χ3n) is 2.76. The van der Waals surface area contributed by atoms with Gasteiger partial charge in [-0.3, -0.25) is 0 Å². The van der Waals surface area contributed by atoms with Crippen LogP contribution >= 0.6 is 11.5 Å². The zero-order chi connectivity index (χ0) is 10.3. The molecule has 0 aliphatic heterocycles. The number of aromatic carboxylic acids is 1. The second-order valence-electron chi connectivity index (χ2n) is 4.58. The second-order valence-corrected chi connectivity index (χ2v) is 5.36. The third-order valence-corrected chi connectivity index (χ3v) is 3.67. The first-order valence-electron chi connectivity index (χ1n) is 4.70. The normalized spacial score (nSPS) is 19.0. The molecule has 0 atom stereocenters. The van der Waals surface area contributed by atoms with E-state index >= 15 is 0 Å². The van der Waals surface area contributed by atoms with Gasteiger partial charge < -0.3 is 5.11 Å². The molecule has 0 saturated carbocycles. The van der Waals surface area contributed by atoms with Crippen LogP contribution in [0.2, 0.25) is 0 Å². The summed E-state index contributed by atoms with van der Waals surface area (Å²) in [7, 11) is 0. The molecule has 0 aromatic carbocycles. The summed E-state index contributed by atoms with van der Waals surface area (Å²) in [4.78, 5) is 11.4. The van der Waals surface area contributed by atoms with Crippen molar-refractivity contribution in [1.82, 2.24) is 4.37 Å². The van der Waals surface area contributed by atoms with Gasteiger partial charge in [0, 0.05) is 5.56 Å². The third kappa shape index (κ3) is 1.54. The zero-order valence-electron chi connectivity index (χ0n) is 8.33. The van der Waals surface area contributed by atoms with E-state index in [0.29, 0.717) is 4.88 Å². The van der Waals surface area contributed by atoms with Gasteiger partial charge in [-0.25, -0.2) is 4.79 Å². The summed E-state index contributed by atoms with van der Waals surface area (Å²) in [6, 6.07) is 0. The lowest BCUT2D eigenvalue weighted by molar-refractivity contribution is 0.0700. The Morgan fingerprint density at radius 2 is 2.29 bits per heavy atom. The molecule has 1 aliphatic rings. The molecule has 1 aromatic rings. The van der Waals surface area contributed by atoms with Crippen LogP contribution in [0.3, 0.4) is 0 Å². The molecule has 4 heteroatoms. The average Bonchev–Trinajstić information content (AvgIpc) is 2.44. The molecular formula is C10H13NO2S. The lowest BCUT2D eigenvalue weighted by Gasteiger charge is -2.28. The van der Waals surface area contributed by atoms with Gasteiger partial charge in [-0.1, -0.05) is 13.8 Å². The number of carboxylic acid groups (broad SMARTS) is 1. The minimum atomic E-state index is -0.832. The van der Waals surface area contributed by atoms with Crippen LogP contribution in [0.15, 0.2) is 0 Å². The molecule has 0 radical (unpaired) electrons. The van der Waals surface area contributed by atoms with E-state index in [1.807, 2.05) is 0 Å². The predicted molar refractivity (Wildman–Crippen MR) is 54.9 cm³/mol. The summed E-state index contributed by atoms with van der Waals surface area (Å²) >= 11 is 1.12. The molecule has 1 aliphatic carbocycles. The molecule has 0 unspecified atom stereocenters. The van der Waals surface area contributed by atoms with Crippen molar-refractivity contribution in [1.29, 1.82) is 0 Å². The summed E-state index contributed by atoms with van der Waals surface area (Å²) in [6.07, 6.45) is 2.87. The van der Waals surface area contributed by atoms with E-state index in [2.05, 4.69) is 18.2 Å². The van der Waals surface area contributed by atoms with Crippen molar-refractivity contribution < 1.29 is 9.90 Å². The second kappa shape index (κ2) is 3.05. The SMILES string of the molecule is CC1(C)CCc2nsc(C(=O)O)c2C1. The quantitative estimate of drug-likeness (QED) is 0.775. The Hall–Kier alpha value is -0.900. The van der Waals surface area contributed by atoms with Crippen molar-refractivity contribution in [2.24, 2.45) is 5.41 Å². The Bertz CT molecular complexity index is 381. The van der Waals surface area contributed by atoms with Crippen molar-refractivity contribution in [2.75, 3.05) is 0 Å². The van der Waals surface area contributed by atoms with Crippen LogP contribution in [0, 0.1) is 5.41 Å². The number of carbonyl (C=O) groups is 1. The van der Waals surface area contributed by atoms with Crippen molar-refractivity contribution in [3.05, 3.63) is 16.1 Å². The number of rotatable bonds is 1. The maximum absolute atomic E-state index is 10.9. The Morgan fingerprint density at radius 1 is 1.57 bits per heavy atom. The molecule has 0 saturated heterocycles. The highest BCUT2D eigenvalue weighted by atomic mass is 32.1. The summed E-state index contributed by atoms with van der Waals surface area (Å²) in [5.41, 5.74) is 2.20. The molecule has 1 aromatic heterocycles. The first-order valence-corrected chi connectivity index (χ1v) is 5.48. The van der Waals surface area contributed by atoms with Gasteiger partial charge in [0.2, 0.25) is 0 Å². The molecule has 3 nitrogen and oxygen atoms in total. The molecule has 0 fully saturated rings. The van der Waals surface area contributed by atoms with Crippen molar-refractivity contribution in [3.8, 4) is 0 Å². The fourth-order valence-electron chi connectivity index (χ4n) is 1.91. The lowest BCUT2D eigenvalue weighted by atomic mass is 9.76. The summed E-state index contributed by atoms with van der Waals surface area (Å²) in [6.45, 7) is 4.36. The first kappa shape index (κ1) is 9.65. The molecule has 2 rings (SSSR count). The molecule has 1 heterocycles. The maximum Gasteiger partial charge on any atom is 0.347 e. The molecule has 0 spiro atoms. The van der Waals surface area contributed by atoms with Crippen LogP contribution in [0.1, 0.15) is 41.2 Å². The van der Waals surface area contributed by atoms with Crippen LogP contribution in [-0.4, -0.2) is 15.4 Å².